The second kappa shape index (κ2) is 8.53. The first-order valence-electron chi connectivity index (χ1n) is 9.41. The molecule has 4 rings (SSSR count). The van der Waals surface area contributed by atoms with Gasteiger partial charge in [-0.2, -0.15) is 0 Å². The van der Waals surface area contributed by atoms with Crippen LogP contribution in [-0.4, -0.2) is 15.9 Å². The van der Waals surface area contributed by atoms with Crippen molar-refractivity contribution >= 4 is 23.1 Å². The van der Waals surface area contributed by atoms with E-state index in [0.29, 0.717) is 17.2 Å². The van der Waals surface area contributed by atoms with Crippen LogP contribution in [0.3, 0.4) is 0 Å². The molecule has 3 aromatic carbocycles. The van der Waals surface area contributed by atoms with E-state index < -0.39 is 0 Å². The number of hydrogen-bond acceptors (Lipinski definition) is 4. The number of nitrogens with zero attached hydrogens (tertiary/aromatic N) is 2. The van der Waals surface area contributed by atoms with Crippen LogP contribution in [0.1, 0.15) is 15.9 Å². The molecule has 0 fully saturated rings. The molecule has 4 aromatic rings. The minimum atomic E-state index is -0.306. The number of nitrogens with one attached hydrogen (secondary N) is 2. The Morgan fingerprint density at radius 2 is 1.63 bits per heavy atom. The summed E-state index contributed by atoms with van der Waals surface area (Å²) in [6, 6.07) is 22.5. The average Bonchev–Trinajstić information content (AvgIpc) is 2.76. The molecule has 2 N–H and O–H groups in total. The summed E-state index contributed by atoms with van der Waals surface area (Å²) in [5.41, 5.74) is 3.86. The maximum atomic E-state index is 13.1. The van der Waals surface area contributed by atoms with Gasteiger partial charge in [0.2, 0.25) is 0 Å². The highest BCUT2D eigenvalue weighted by Crippen LogP contribution is 2.20. The lowest BCUT2D eigenvalue weighted by molar-refractivity contribution is 0.102. The van der Waals surface area contributed by atoms with Crippen LogP contribution in [-0.2, 0) is 0 Å². The van der Waals surface area contributed by atoms with Crippen LogP contribution in [0.5, 0.6) is 0 Å². The molecule has 6 heteroatoms. The predicted molar refractivity (Wildman–Crippen MR) is 116 cm³/mol. The van der Waals surface area contributed by atoms with E-state index in [1.165, 1.54) is 12.1 Å². The van der Waals surface area contributed by atoms with Crippen LogP contribution in [0.15, 0.2) is 85.1 Å². The zero-order chi connectivity index (χ0) is 20.9. The summed E-state index contributed by atoms with van der Waals surface area (Å²) >= 11 is 0. The Kier molecular flexibility index (Phi) is 5.48. The van der Waals surface area contributed by atoms with Crippen molar-refractivity contribution in [2.75, 3.05) is 10.6 Å². The number of benzene rings is 3. The molecule has 0 radical (unpaired) electrons. The van der Waals surface area contributed by atoms with Gasteiger partial charge in [-0.05, 0) is 73.2 Å². The molecule has 0 saturated carbocycles. The summed E-state index contributed by atoms with van der Waals surface area (Å²) in [6.07, 6.45) is 1.64. The predicted octanol–water partition coefficient (Wildman–Crippen LogP) is 5.59. The second-order valence-corrected chi connectivity index (χ2v) is 6.74. The summed E-state index contributed by atoms with van der Waals surface area (Å²) in [6.45, 7) is 1.95. The van der Waals surface area contributed by atoms with E-state index in [1.54, 1.807) is 36.5 Å². The zero-order valence-corrected chi connectivity index (χ0v) is 16.3. The summed E-state index contributed by atoms with van der Waals surface area (Å²) in [5.74, 6) is 0.617. The highest BCUT2D eigenvalue weighted by Gasteiger charge is 2.08. The van der Waals surface area contributed by atoms with Gasteiger partial charge in [-0.25, -0.2) is 14.4 Å². The summed E-state index contributed by atoms with van der Waals surface area (Å²) in [5, 5.41) is 6.11. The van der Waals surface area contributed by atoms with Crippen molar-refractivity contribution in [2.24, 2.45) is 0 Å². The molecule has 30 heavy (non-hydrogen) atoms. The molecule has 0 bridgehead atoms. The van der Waals surface area contributed by atoms with Gasteiger partial charge in [0.1, 0.15) is 11.6 Å². The monoisotopic (exact) mass is 398 g/mol. The lowest BCUT2D eigenvalue weighted by atomic mass is 10.1. The lowest BCUT2D eigenvalue weighted by Gasteiger charge is -2.10. The zero-order valence-electron chi connectivity index (χ0n) is 16.3. The van der Waals surface area contributed by atoms with Crippen LogP contribution >= 0.6 is 0 Å². The van der Waals surface area contributed by atoms with Crippen molar-refractivity contribution in [2.45, 2.75) is 6.92 Å². The molecule has 0 atom stereocenters. The average molecular weight is 398 g/mol. The van der Waals surface area contributed by atoms with Crippen molar-refractivity contribution in [3.8, 4) is 11.4 Å². The van der Waals surface area contributed by atoms with E-state index in [2.05, 4.69) is 20.6 Å². The molecule has 0 aliphatic carbocycles. The van der Waals surface area contributed by atoms with Crippen molar-refractivity contribution in [3.05, 3.63) is 102 Å². The van der Waals surface area contributed by atoms with Gasteiger partial charge < -0.3 is 10.6 Å². The third kappa shape index (κ3) is 4.50. The Balaban J connectivity index is 1.46. The maximum Gasteiger partial charge on any atom is 0.255 e. The highest BCUT2D eigenvalue weighted by atomic mass is 19.1. The number of para-hydroxylation sites is 1. The Hall–Kier alpha value is -4.06. The molecule has 0 aliphatic rings. The highest BCUT2D eigenvalue weighted by molar-refractivity contribution is 6.04. The fourth-order valence-electron chi connectivity index (χ4n) is 2.93. The number of carbonyl (C=O) groups is 1. The third-order valence-corrected chi connectivity index (χ3v) is 4.57. The number of amides is 1. The van der Waals surface area contributed by atoms with Crippen molar-refractivity contribution < 1.29 is 9.18 Å². The van der Waals surface area contributed by atoms with Gasteiger partial charge in [-0.15, -0.1) is 0 Å². The molecule has 1 aromatic heterocycles. The van der Waals surface area contributed by atoms with Gasteiger partial charge in [0.25, 0.3) is 5.91 Å². The van der Waals surface area contributed by atoms with Crippen LogP contribution in [0.2, 0.25) is 0 Å². The molecule has 0 aliphatic heterocycles. The van der Waals surface area contributed by atoms with Crippen molar-refractivity contribution in [3.63, 3.8) is 0 Å². The number of hydrogen-bond donors (Lipinski definition) is 2. The van der Waals surface area contributed by atoms with Crippen LogP contribution in [0.4, 0.5) is 21.6 Å². The van der Waals surface area contributed by atoms with Gasteiger partial charge in [0.05, 0.1) is 0 Å². The van der Waals surface area contributed by atoms with E-state index in [9.17, 15) is 9.18 Å². The van der Waals surface area contributed by atoms with Gasteiger partial charge in [-0.3, -0.25) is 4.79 Å². The summed E-state index contributed by atoms with van der Waals surface area (Å²) in [4.78, 5) is 21.2. The topological polar surface area (TPSA) is 66.9 Å². The Morgan fingerprint density at radius 1 is 0.900 bits per heavy atom. The van der Waals surface area contributed by atoms with Gasteiger partial charge in [0.15, 0.2) is 5.82 Å². The molecule has 0 saturated heterocycles. The molecule has 148 valence electrons. The van der Waals surface area contributed by atoms with E-state index in [-0.39, 0.29) is 11.7 Å². The number of halogens is 1. The quantitative estimate of drug-likeness (QED) is 0.460. The van der Waals surface area contributed by atoms with Gasteiger partial charge in [0, 0.05) is 28.7 Å². The maximum absolute atomic E-state index is 13.1. The van der Waals surface area contributed by atoms with E-state index in [0.717, 1.165) is 22.5 Å². The number of rotatable bonds is 5. The largest absolute Gasteiger partial charge is 0.340 e. The van der Waals surface area contributed by atoms with Crippen LogP contribution < -0.4 is 10.6 Å². The molecule has 0 unspecified atom stereocenters. The molecule has 1 heterocycles. The molecule has 1 amide bonds. The third-order valence-electron chi connectivity index (χ3n) is 4.57. The summed E-state index contributed by atoms with van der Waals surface area (Å²) in [7, 11) is 0. The Labute approximate surface area is 173 Å². The Morgan fingerprint density at radius 3 is 2.37 bits per heavy atom. The van der Waals surface area contributed by atoms with Crippen LogP contribution in [0, 0.1) is 12.7 Å². The van der Waals surface area contributed by atoms with E-state index in [1.807, 2.05) is 43.3 Å². The summed E-state index contributed by atoms with van der Waals surface area (Å²) < 4.78 is 13.1. The molecule has 5 nitrogen and oxygen atoms in total. The SMILES string of the molecule is Cc1ccccc1NC(=O)c1ccc(Nc2ccnc(-c3ccc(F)cc3)n2)cc1. The normalized spacial score (nSPS) is 10.5. The van der Waals surface area contributed by atoms with Crippen molar-refractivity contribution in [1.29, 1.82) is 0 Å². The number of aryl methyl sites for hydroxylation is 1. The van der Waals surface area contributed by atoms with E-state index in [4.69, 9.17) is 0 Å². The number of anilines is 3. The fraction of sp³-hybridized carbons (Fsp3) is 0.0417. The molecular formula is C24H19FN4O. The van der Waals surface area contributed by atoms with Gasteiger partial charge in [-0.1, -0.05) is 18.2 Å². The molecule has 0 spiro atoms. The van der Waals surface area contributed by atoms with Gasteiger partial charge >= 0.3 is 0 Å². The Bertz CT molecular complexity index is 1170. The number of aromatic nitrogens is 2. The molecular weight excluding hydrogens is 379 g/mol. The minimum Gasteiger partial charge on any atom is -0.340 e. The lowest BCUT2D eigenvalue weighted by Crippen LogP contribution is -2.12. The fourth-order valence-corrected chi connectivity index (χ4v) is 2.93. The standard InChI is InChI=1S/C24H19FN4O/c1-16-4-2-3-5-21(16)28-24(30)18-8-12-20(13-9-18)27-22-14-15-26-23(29-22)17-6-10-19(25)11-7-17/h2-15H,1H3,(H,28,30)(H,26,27,29). The minimum absolute atomic E-state index is 0.170. The van der Waals surface area contributed by atoms with Crippen LogP contribution in [0.25, 0.3) is 11.4 Å². The van der Waals surface area contributed by atoms with E-state index >= 15 is 0 Å². The smallest absolute Gasteiger partial charge is 0.255 e. The van der Waals surface area contributed by atoms with Crippen molar-refractivity contribution in [1.82, 2.24) is 9.97 Å². The first kappa shape index (κ1) is 19.3. The first-order chi connectivity index (χ1) is 14.6. The second-order valence-electron chi connectivity index (χ2n) is 6.74. The number of carbonyl (C=O) groups excluding carboxylic acids is 1. The first-order valence-corrected chi connectivity index (χ1v) is 9.41.